The Bertz CT molecular complexity index is 937. The second-order valence-electron chi connectivity index (χ2n) is 6.77. The first kappa shape index (κ1) is 20.9. The first-order valence-electron chi connectivity index (χ1n) is 9.45. The number of esters is 1. The van der Waals surface area contributed by atoms with Crippen molar-refractivity contribution in [2.45, 2.75) is 33.7 Å². The lowest BCUT2D eigenvalue weighted by Crippen LogP contribution is -2.34. The number of thiophene rings is 1. The highest BCUT2D eigenvalue weighted by Crippen LogP contribution is 2.37. The van der Waals surface area contributed by atoms with Crippen LogP contribution in [-0.2, 0) is 27.3 Å². The summed E-state index contributed by atoms with van der Waals surface area (Å²) in [6, 6.07) is 7.43. The van der Waals surface area contributed by atoms with E-state index in [1.807, 2.05) is 25.1 Å². The maximum Gasteiger partial charge on any atom is 0.341 e. The molecular weight excluding hydrogens is 392 g/mol. The number of amides is 2. The molecular formula is C21H24N2O5S. The molecule has 0 saturated heterocycles. The number of fused-ring (bicyclic) bond motifs is 1. The second kappa shape index (κ2) is 9.09. The number of benzene rings is 1. The lowest BCUT2D eigenvalue weighted by Gasteiger charge is -2.25. The van der Waals surface area contributed by atoms with Crippen molar-refractivity contribution in [1.82, 2.24) is 4.90 Å². The number of carbonyl (C=O) groups is 3. The average Bonchev–Trinajstić information content (AvgIpc) is 3.03. The molecule has 1 N–H and O–H groups in total. The van der Waals surface area contributed by atoms with Gasteiger partial charge in [0.2, 0.25) is 5.91 Å². The van der Waals surface area contributed by atoms with Gasteiger partial charge < -0.3 is 19.7 Å². The summed E-state index contributed by atoms with van der Waals surface area (Å²) >= 11 is 1.31. The molecule has 8 heteroatoms. The Kier molecular flexibility index (Phi) is 6.53. The topological polar surface area (TPSA) is 84.9 Å². The van der Waals surface area contributed by atoms with Crippen LogP contribution in [0.5, 0.6) is 5.75 Å². The van der Waals surface area contributed by atoms with Gasteiger partial charge in [-0.3, -0.25) is 9.59 Å². The second-order valence-corrected chi connectivity index (χ2v) is 7.88. The fourth-order valence-corrected chi connectivity index (χ4v) is 4.46. The van der Waals surface area contributed by atoms with Crippen molar-refractivity contribution in [2.75, 3.05) is 25.1 Å². The van der Waals surface area contributed by atoms with E-state index in [2.05, 4.69) is 5.32 Å². The van der Waals surface area contributed by atoms with E-state index in [0.29, 0.717) is 35.8 Å². The highest BCUT2D eigenvalue weighted by Gasteiger charge is 2.30. The molecule has 2 amide bonds. The number of ether oxygens (including phenoxy) is 2. The summed E-state index contributed by atoms with van der Waals surface area (Å²) < 4.78 is 10.7. The molecule has 29 heavy (non-hydrogen) atoms. The predicted molar refractivity (Wildman–Crippen MR) is 110 cm³/mol. The minimum Gasteiger partial charge on any atom is -0.484 e. The molecule has 154 valence electrons. The van der Waals surface area contributed by atoms with Crippen molar-refractivity contribution >= 4 is 34.1 Å². The number of carbonyl (C=O) groups excluding carboxylic acids is 3. The predicted octanol–water partition coefficient (Wildman–Crippen LogP) is 3.16. The molecule has 0 bridgehead atoms. The number of hydrogen-bond donors (Lipinski definition) is 1. The Hall–Kier alpha value is -2.87. The van der Waals surface area contributed by atoms with Crippen molar-refractivity contribution in [3.05, 3.63) is 45.8 Å². The Morgan fingerprint density at radius 3 is 2.76 bits per heavy atom. The number of aryl methyl sites for hydroxylation is 1. The third kappa shape index (κ3) is 4.95. The van der Waals surface area contributed by atoms with Gasteiger partial charge in [0.1, 0.15) is 10.8 Å². The molecule has 0 atom stereocenters. The standard InChI is InChI=1S/C21H24N2O5S/c1-4-27-21(26)19-16-8-9-23(14(3)24)11-17(16)29-20(19)22-18(25)12-28-15-7-5-6-13(2)10-15/h5-7,10H,4,8-9,11-12H2,1-3H3,(H,22,25). The molecule has 0 aliphatic carbocycles. The van der Waals surface area contributed by atoms with Crippen LogP contribution in [0.25, 0.3) is 0 Å². The highest BCUT2D eigenvalue weighted by atomic mass is 32.1. The molecule has 1 aromatic heterocycles. The molecule has 1 aliphatic heterocycles. The minimum absolute atomic E-state index is 0.0149. The third-order valence-electron chi connectivity index (χ3n) is 4.59. The van der Waals surface area contributed by atoms with Gasteiger partial charge in [0.05, 0.1) is 18.7 Å². The largest absolute Gasteiger partial charge is 0.484 e. The normalized spacial score (nSPS) is 12.9. The molecule has 1 aliphatic rings. The quantitative estimate of drug-likeness (QED) is 0.731. The van der Waals surface area contributed by atoms with Crippen molar-refractivity contribution in [2.24, 2.45) is 0 Å². The summed E-state index contributed by atoms with van der Waals surface area (Å²) in [4.78, 5) is 39.3. The van der Waals surface area contributed by atoms with E-state index < -0.39 is 5.97 Å². The Morgan fingerprint density at radius 1 is 1.28 bits per heavy atom. The fourth-order valence-electron chi connectivity index (χ4n) is 3.20. The summed E-state index contributed by atoms with van der Waals surface area (Å²) in [5.74, 6) is -0.234. The van der Waals surface area contributed by atoms with Gasteiger partial charge in [-0.1, -0.05) is 12.1 Å². The first-order chi connectivity index (χ1) is 13.9. The summed E-state index contributed by atoms with van der Waals surface area (Å²) in [5, 5.41) is 3.23. The SMILES string of the molecule is CCOC(=O)c1c(NC(=O)COc2cccc(C)c2)sc2c1CCN(C(C)=O)C2. The first-order valence-corrected chi connectivity index (χ1v) is 10.3. The summed E-state index contributed by atoms with van der Waals surface area (Å²) in [6.07, 6.45) is 0.551. The van der Waals surface area contributed by atoms with E-state index in [1.165, 1.54) is 18.3 Å². The summed E-state index contributed by atoms with van der Waals surface area (Å²) in [6.45, 7) is 6.24. The smallest absolute Gasteiger partial charge is 0.341 e. The molecule has 2 aromatic rings. The monoisotopic (exact) mass is 416 g/mol. The van der Waals surface area contributed by atoms with Gasteiger partial charge in [-0.05, 0) is 43.5 Å². The molecule has 0 radical (unpaired) electrons. The van der Waals surface area contributed by atoms with Crippen LogP contribution < -0.4 is 10.1 Å². The Morgan fingerprint density at radius 2 is 2.07 bits per heavy atom. The molecule has 2 heterocycles. The van der Waals surface area contributed by atoms with Crippen LogP contribution >= 0.6 is 11.3 Å². The van der Waals surface area contributed by atoms with Crippen molar-refractivity contribution < 1.29 is 23.9 Å². The van der Waals surface area contributed by atoms with Crippen molar-refractivity contribution in [1.29, 1.82) is 0 Å². The van der Waals surface area contributed by atoms with Gasteiger partial charge >= 0.3 is 5.97 Å². The third-order valence-corrected chi connectivity index (χ3v) is 5.73. The van der Waals surface area contributed by atoms with Gasteiger partial charge in [0.25, 0.3) is 5.91 Å². The molecule has 3 rings (SSSR count). The van der Waals surface area contributed by atoms with Gasteiger partial charge in [0, 0.05) is 18.3 Å². The van der Waals surface area contributed by atoms with Crippen LogP contribution in [0, 0.1) is 6.92 Å². The maximum absolute atomic E-state index is 12.5. The summed E-state index contributed by atoms with van der Waals surface area (Å²) in [5.41, 5.74) is 2.27. The van der Waals surface area contributed by atoms with Gasteiger partial charge in [-0.15, -0.1) is 11.3 Å². The molecule has 0 spiro atoms. The zero-order valence-electron chi connectivity index (χ0n) is 16.7. The average molecular weight is 416 g/mol. The van der Waals surface area contributed by atoms with Crippen LogP contribution in [0.2, 0.25) is 0 Å². The molecule has 1 aromatic carbocycles. The molecule has 0 fully saturated rings. The van der Waals surface area contributed by atoms with Crippen LogP contribution in [0.1, 0.15) is 40.2 Å². The van der Waals surface area contributed by atoms with Gasteiger partial charge in [0.15, 0.2) is 6.61 Å². The molecule has 7 nitrogen and oxygen atoms in total. The number of anilines is 1. The van der Waals surface area contributed by atoms with Crippen molar-refractivity contribution in [3.63, 3.8) is 0 Å². The van der Waals surface area contributed by atoms with Crippen molar-refractivity contribution in [3.8, 4) is 5.75 Å². The van der Waals surface area contributed by atoms with E-state index in [4.69, 9.17) is 9.47 Å². The van der Waals surface area contributed by atoms with Gasteiger partial charge in [-0.25, -0.2) is 4.79 Å². The highest BCUT2D eigenvalue weighted by molar-refractivity contribution is 7.17. The van der Waals surface area contributed by atoms with E-state index in [9.17, 15) is 14.4 Å². The Balaban J connectivity index is 1.77. The molecule has 0 saturated carbocycles. The van der Waals surface area contributed by atoms with Crippen LogP contribution in [0.3, 0.4) is 0 Å². The number of nitrogens with one attached hydrogen (secondary N) is 1. The van der Waals surface area contributed by atoms with E-state index in [1.54, 1.807) is 17.9 Å². The van der Waals surface area contributed by atoms with Crippen LogP contribution in [0.4, 0.5) is 5.00 Å². The maximum atomic E-state index is 12.5. The lowest BCUT2D eigenvalue weighted by molar-refractivity contribution is -0.129. The van der Waals surface area contributed by atoms with Crippen LogP contribution in [0.15, 0.2) is 24.3 Å². The lowest BCUT2D eigenvalue weighted by atomic mass is 10.0. The van der Waals surface area contributed by atoms with E-state index in [0.717, 1.165) is 16.0 Å². The van der Waals surface area contributed by atoms with E-state index >= 15 is 0 Å². The zero-order chi connectivity index (χ0) is 21.0. The number of rotatable bonds is 6. The van der Waals surface area contributed by atoms with Crippen LogP contribution in [-0.4, -0.2) is 42.4 Å². The zero-order valence-corrected chi connectivity index (χ0v) is 17.6. The number of hydrogen-bond acceptors (Lipinski definition) is 6. The number of nitrogens with zero attached hydrogens (tertiary/aromatic N) is 1. The van der Waals surface area contributed by atoms with Gasteiger partial charge in [-0.2, -0.15) is 0 Å². The Labute approximate surface area is 173 Å². The summed E-state index contributed by atoms with van der Waals surface area (Å²) in [7, 11) is 0. The molecule has 0 unspecified atom stereocenters. The van der Waals surface area contributed by atoms with E-state index in [-0.39, 0.29) is 25.0 Å². The fraction of sp³-hybridized carbons (Fsp3) is 0.381. The minimum atomic E-state index is -0.462.